The van der Waals surface area contributed by atoms with Crippen LogP contribution < -0.4 is 10.1 Å². The first-order valence-electron chi connectivity index (χ1n) is 7.44. The average Bonchev–Trinajstić information content (AvgIpc) is 2.90. The van der Waals surface area contributed by atoms with Gasteiger partial charge in [0, 0.05) is 36.7 Å². The van der Waals surface area contributed by atoms with Gasteiger partial charge >= 0.3 is 0 Å². The van der Waals surface area contributed by atoms with Gasteiger partial charge in [0.2, 0.25) is 5.88 Å². The molecule has 1 aromatic heterocycles. The van der Waals surface area contributed by atoms with Gasteiger partial charge in [-0.3, -0.25) is 0 Å². The van der Waals surface area contributed by atoms with E-state index in [4.69, 9.17) is 9.47 Å². The van der Waals surface area contributed by atoms with E-state index < -0.39 is 0 Å². The lowest BCUT2D eigenvalue weighted by atomic mass is 9.90. The Morgan fingerprint density at radius 3 is 3.00 bits per heavy atom. The number of nitrogens with one attached hydrogen (secondary N) is 1. The van der Waals surface area contributed by atoms with Crippen molar-refractivity contribution in [3.63, 3.8) is 0 Å². The second-order valence-corrected chi connectivity index (χ2v) is 5.34. The van der Waals surface area contributed by atoms with Crippen molar-refractivity contribution < 1.29 is 9.47 Å². The Bertz CT molecular complexity index is 414. The number of aromatic nitrogens is 2. The number of rotatable bonds is 7. The van der Waals surface area contributed by atoms with Crippen LogP contribution in [0.25, 0.3) is 0 Å². The van der Waals surface area contributed by atoms with Crippen LogP contribution in [0.15, 0.2) is 12.4 Å². The molecule has 1 saturated heterocycles. The van der Waals surface area contributed by atoms with Crippen molar-refractivity contribution in [2.45, 2.75) is 45.3 Å². The largest absolute Gasteiger partial charge is 0.481 e. The van der Waals surface area contributed by atoms with Gasteiger partial charge < -0.3 is 14.8 Å². The Kier molecular flexibility index (Phi) is 5.73. The smallest absolute Gasteiger partial charge is 0.216 e. The second-order valence-electron chi connectivity index (χ2n) is 5.34. The zero-order valence-electron chi connectivity index (χ0n) is 12.6. The maximum atomic E-state index is 5.71. The fourth-order valence-electron chi connectivity index (χ4n) is 2.81. The number of methoxy groups -OCH3 is 1. The Balaban J connectivity index is 2.05. The van der Waals surface area contributed by atoms with Crippen LogP contribution in [0, 0.1) is 5.92 Å². The van der Waals surface area contributed by atoms with E-state index in [2.05, 4.69) is 29.1 Å². The van der Waals surface area contributed by atoms with Crippen molar-refractivity contribution in [1.29, 1.82) is 0 Å². The molecule has 1 aliphatic rings. The summed E-state index contributed by atoms with van der Waals surface area (Å²) in [6.45, 7) is 6.24. The van der Waals surface area contributed by atoms with Gasteiger partial charge in [0.05, 0.1) is 13.2 Å². The highest BCUT2D eigenvalue weighted by Gasteiger charge is 2.31. The first kappa shape index (κ1) is 15.2. The molecule has 0 saturated carbocycles. The SMILES string of the molecule is CCCNC(Cc1cc(OC)ncn1)C1CCOC1C. The minimum Gasteiger partial charge on any atom is -0.481 e. The van der Waals surface area contributed by atoms with E-state index in [9.17, 15) is 0 Å². The van der Waals surface area contributed by atoms with Crippen LogP contribution in [0.2, 0.25) is 0 Å². The third kappa shape index (κ3) is 3.90. The molecule has 20 heavy (non-hydrogen) atoms. The summed E-state index contributed by atoms with van der Waals surface area (Å²) in [4.78, 5) is 8.42. The normalized spacial score (nSPS) is 23.8. The Hall–Kier alpha value is -1.20. The zero-order chi connectivity index (χ0) is 14.4. The minimum atomic E-state index is 0.313. The first-order valence-corrected chi connectivity index (χ1v) is 7.44. The summed E-state index contributed by atoms with van der Waals surface area (Å²) in [6, 6.07) is 2.31. The lowest BCUT2D eigenvalue weighted by Gasteiger charge is -2.26. The molecule has 2 heterocycles. The second kappa shape index (κ2) is 7.55. The Morgan fingerprint density at radius 1 is 1.50 bits per heavy atom. The van der Waals surface area contributed by atoms with Gasteiger partial charge in [0.25, 0.3) is 0 Å². The number of nitrogens with zero attached hydrogens (tertiary/aromatic N) is 2. The molecule has 0 amide bonds. The summed E-state index contributed by atoms with van der Waals surface area (Å²) >= 11 is 0. The lowest BCUT2D eigenvalue weighted by Crippen LogP contribution is -2.41. The predicted octanol–water partition coefficient (Wildman–Crippen LogP) is 1.82. The summed E-state index contributed by atoms with van der Waals surface area (Å²) < 4.78 is 10.9. The van der Waals surface area contributed by atoms with E-state index in [1.807, 2.05) is 6.07 Å². The van der Waals surface area contributed by atoms with Crippen molar-refractivity contribution in [2.24, 2.45) is 5.92 Å². The molecule has 1 N–H and O–H groups in total. The molecule has 1 aromatic rings. The van der Waals surface area contributed by atoms with Crippen LogP contribution in [0.4, 0.5) is 0 Å². The van der Waals surface area contributed by atoms with Crippen LogP contribution in [-0.2, 0) is 11.2 Å². The molecule has 0 bridgehead atoms. The molecule has 3 atom stereocenters. The van der Waals surface area contributed by atoms with Crippen molar-refractivity contribution in [3.8, 4) is 5.88 Å². The molecule has 112 valence electrons. The van der Waals surface area contributed by atoms with Gasteiger partial charge in [-0.05, 0) is 26.3 Å². The van der Waals surface area contributed by atoms with Crippen LogP contribution in [-0.4, -0.2) is 42.4 Å². The van der Waals surface area contributed by atoms with Gasteiger partial charge in [0.1, 0.15) is 6.33 Å². The predicted molar refractivity (Wildman–Crippen MR) is 77.9 cm³/mol. The third-order valence-corrected chi connectivity index (χ3v) is 3.95. The molecule has 5 heteroatoms. The lowest BCUT2D eigenvalue weighted by molar-refractivity contribution is 0.0952. The topological polar surface area (TPSA) is 56.3 Å². The summed E-state index contributed by atoms with van der Waals surface area (Å²) in [5.41, 5.74) is 1.02. The molecule has 1 aliphatic heterocycles. The molecule has 3 unspecified atom stereocenters. The molecule has 2 rings (SSSR count). The van der Waals surface area contributed by atoms with E-state index >= 15 is 0 Å². The molecule has 5 nitrogen and oxygen atoms in total. The fraction of sp³-hybridized carbons (Fsp3) is 0.733. The first-order chi connectivity index (χ1) is 9.74. The third-order valence-electron chi connectivity index (χ3n) is 3.95. The monoisotopic (exact) mass is 279 g/mol. The zero-order valence-corrected chi connectivity index (χ0v) is 12.6. The molecular formula is C15H25N3O2. The summed E-state index contributed by atoms with van der Waals surface area (Å²) in [5, 5.41) is 3.65. The van der Waals surface area contributed by atoms with Crippen LogP contribution >= 0.6 is 0 Å². The van der Waals surface area contributed by atoms with E-state index in [1.165, 1.54) is 0 Å². The van der Waals surface area contributed by atoms with Crippen molar-refractivity contribution in [2.75, 3.05) is 20.3 Å². The van der Waals surface area contributed by atoms with E-state index in [0.29, 0.717) is 23.9 Å². The van der Waals surface area contributed by atoms with Gasteiger partial charge in [-0.1, -0.05) is 6.92 Å². The maximum Gasteiger partial charge on any atom is 0.216 e. The molecule has 1 fully saturated rings. The van der Waals surface area contributed by atoms with Crippen LogP contribution in [0.5, 0.6) is 5.88 Å². The van der Waals surface area contributed by atoms with Crippen LogP contribution in [0.1, 0.15) is 32.4 Å². The van der Waals surface area contributed by atoms with Crippen molar-refractivity contribution >= 4 is 0 Å². The average molecular weight is 279 g/mol. The van der Waals surface area contributed by atoms with Crippen molar-refractivity contribution in [3.05, 3.63) is 18.1 Å². The van der Waals surface area contributed by atoms with E-state index in [1.54, 1.807) is 13.4 Å². The van der Waals surface area contributed by atoms with Crippen molar-refractivity contribution in [1.82, 2.24) is 15.3 Å². The Labute approximate surface area is 121 Å². The number of ether oxygens (including phenoxy) is 2. The standard InChI is InChI=1S/C15H25N3O2/c1-4-6-16-14(13-5-7-20-11(13)2)8-12-9-15(19-3)18-10-17-12/h9-11,13-14,16H,4-8H2,1-3H3. The van der Waals surface area contributed by atoms with E-state index in [0.717, 1.165) is 38.1 Å². The highest BCUT2D eigenvalue weighted by atomic mass is 16.5. The minimum absolute atomic E-state index is 0.313. The Morgan fingerprint density at radius 2 is 2.35 bits per heavy atom. The molecule has 0 spiro atoms. The number of hydrogen-bond acceptors (Lipinski definition) is 5. The maximum absolute atomic E-state index is 5.71. The van der Waals surface area contributed by atoms with Gasteiger partial charge in [0.15, 0.2) is 0 Å². The quantitative estimate of drug-likeness (QED) is 0.825. The fourth-order valence-corrected chi connectivity index (χ4v) is 2.81. The highest BCUT2D eigenvalue weighted by molar-refractivity contribution is 5.14. The van der Waals surface area contributed by atoms with Gasteiger partial charge in [-0.15, -0.1) is 0 Å². The van der Waals surface area contributed by atoms with Crippen LogP contribution in [0.3, 0.4) is 0 Å². The van der Waals surface area contributed by atoms with E-state index in [-0.39, 0.29) is 0 Å². The summed E-state index contributed by atoms with van der Waals surface area (Å²) in [7, 11) is 1.63. The number of hydrogen-bond donors (Lipinski definition) is 1. The molecule has 0 aliphatic carbocycles. The van der Waals surface area contributed by atoms with Gasteiger partial charge in [-0.25, -0.2) is 9.97 Å². The molecular weight excluding hydrogens is 254 g/mol. The molecule has 0 aromatic carbocycles. The summed E-state index contributed by atoms with van der Waals surface area (Å²) in [6.07, 6.45) is 5.01. The highest BCUT2D eigenvalue weighted by Crippen LogP contribution is 2.26. The molecule has 0 radical (unpaired) electrons. The summed E-state index contributed by atoms with van der Waals surface area (Å²) in [5.74, 6) is 1.17. The van der Waals surface area contributed by atoms with Gasteiger partial charge in [-0.2, -0.15) is 0 Å².